The minimum absolute atomic E-state index is 0. The quantitative estimate of drug-likeness (QED) is 0.477. The van der Waals surface area contributed by atoms with Crippen molar-refractivity contribution in [1.29, 1.82) is 0 Å². The molecule has 118 valence electrons. The second-order valence-electron chi connectivity index (χ2n) is 6.11. The van der Waals surface area contributed by atoms with Gasteiger partial charge in [0.2, 0.25) is 0 Å². The van der Waals surface area contributed by atoms with Gasteiger partial charge < -0.3 is 4.52 Å². The number of halogens is 1. The third kappa shape index (κ3) is 5.46. The molecule has 0 amide bonds. The van der Waals surface area contributed by atoms with E-state index in [-0.39, 0.29) is 24.5 Å². The number of hydrogen-bond acceptors (Lipinski definition) is 2. The van der Waals surface area contributed by atoms with E-state index >= 15 is 0 Å². The molecule has 5 heteroatoms. The van der Waals surface area contributed by atoms with Gasteiger partial charge in [-0.3, -0.25) is 4.79 Å². The van der Waals surface area contributed by atoms with Crippen LogP contribution in [0.3, 0.4) is 0 Å². The summed E-state index contributed by atoms with van der Waals surface area (Å²) in [6, 6.07) is 14.0. The molecular formula is C18H21ClLiO2P. The summed E-state index contributed by atoms with van der Waals surface area (Å²) in [5.74, 6) is 0. The van der Waals surface area contributed by atoms with Crippen LogP contribution in [-0.2, 0) is 4.52 Å². The van der Waals surface area contributed by atoms with E-state index in [0.717, 1.165) is 22.5 Å². The summed E-state index contributed by atoms with van der Waals surface area (Å²) in [6.07, 6.45) is 0.802. The van der Waals surface area contributed by atoms with Crippen LogP contribution in [-0.4, -0.2) is 30.7 Å². The van der Waals surface area contributed by atoms with Crippen molar-refractivity contribution in [2.75, 3.05) is 0 Å². The summed E-state index contributed by atoms with van der Waals surface area (Å²) in [7, 11) is -0.989. The molecule has 1 atom stereocenters. The van der Waals surface area contributed by atoms with Gasteiger partial charge in [-0.2, -0.15) is 0 Å². The van der Waals surface area contributed by atoms with Crippen LogP contribution in [0.5, 0.6) is 0 Å². The molecule has 0 aromatic heterocycles. The van der Waals surface area contributed by atoms with Crippen LogP contribution in [0.25, 0.3) is 0 Å². The van der Waals surface area contributed by atoms with E-state index in [0.29, 0.717) is 10.6 Å². The first-order valence-corrected chi connectivity index (χ1v) is 8.75. The maximum absolute atomic E-state index is 11.1. The molecule has 0 saturated carbocycles. The summed E-state index contributed by atoms with van der Waals surface area (Å²) >= 11 is 6.26. The van der Waals surface area contributed by atoms with E-state index in [2.05, 4.69) is 12.1 Å². The molecule has 0 bridgehead atoms. The van der Waals surface area contributed by atoms with Crippen LogP contribution in [0.15, 0.2) is 42.5 Å². The van der Waals surface area contributed by atoms with Crippen molar-refractivity contribution in [2.24, 2.45) is 0 Å². The molecular weight excluding hydrogens is 322 g/mol. The number of carbonyl (C=O) groups excluding carboxylic acids is 1. The van der Waals surface area contributed by atoms with Crippen LogP contribution in [0, 0.1) is 6.92 Å². The van der Waals surface area contributed by atoms with Gasteiger partial charge in [-0.05, 0) is 45.4 Å². The number of benzene rings is 2. The molecule has 0 spiro atoms. The summed E-state index contributed by atoms with van der Waals surface area (Å²) in [5.41, 5.74) is 1.15. The van der Waals surface area contributed by atoms with E-state index in [9.17, 15) is 4.79 Å². The Morgan fingerprint density at radius 2 is 1.70 bits per heavy atom. The van der Waals surface area contributed by atoms with Crippen molar-refractivity contribution in [2.45, 2.75) is 33.3 Å². The third-order valence-electron chi connectivity index (χ3n) is 3.03. The molecule has 0 N–H and O–H groups in total. The van der Waals surface area contributed by atoms with E-state index in [1.807, 2.05) is 58.0 Å². The predicted molar refractivity (Wildman–Crippen MR) is 102 cm³/mol. The second-order valence-corrected chi connectivity index (χ2v) is 8.32. The van der Waals surface area contributed by atoms with Gasteiger partial charge in [0, 0.05) is 16.2 Å². The van der Waals surface area contributed by atoms with E-state index in [1.54, 1.807) is 0 Å². The Kier molecular flexibility index (Phi) is 7.53. The Morgan fingerprint density at radius 1 is 1.09 bits per heavy atom. The molecule has 0 radical (unpaired) electrons. The standard InChI is InChI=1S/C18H20ClO2P.Li.H/c1-13-10-15(11-17(19)16(13)12-20)22(21-18(2,3)4)14-8-6-5-7-9-14;;/h5-12H,1-4H3;;. The zero-order valence-corrected chi connectivity index (χ0v) is 14.9. The van der Waals surface area contributed by atoms with Gasteiger partial charge in [-0.15, -0.1) is 0 Å². The zero-order valence-electron chi connectivity index (χ0n) is 13.3. The zero-order chi connectivity index (χ0) is 16.3. The average Bonchev–Trinajstić information content (AvgIpc) is 2.44. The Balaban J connectivity index is 0.00000264. The summed E-state index contributed by atoms with van der Waals surface area (Å²) in [5, 5.41) is 2.62. The van der Waals surface area contributed by atoms with E-state index in [4.69, 9.17) is 16.1 Å². The van der Waals surface area contributed by atoms with E-state index < -0.39 is 8.15 Å². The maximum atomic E-state index is 11.1. The Labute approximate surface area is 156 Å². The molecule has 2 aromatic rings. The van der Waals surface area contributed by atoms with Crippen molar-refractivity contribution in [3.8, 4) is 0 Å². The van der Waals surface area contributed by atoms with Gasteiger partial charge in [0.05, 0.1) is 18.8 Å². The molecule has 0 fully saturated rings. The fourth-order valence-electron chi connectivity index (χ4n) is 2.10. The number of hydrogen-bond donors (Lipinski definition) is 0. The van der Waals surface area contributed by atoms with Gasteiger partial charge in [0.15, 0.2) is 6.29 Å². The fraction of sp³-hybridized carbons (Fsp3) is 0.278. The molecule has 23 heavy (non-hydrogen) atoms. The van der Waals surface area contributed by atoms with Crippen LogP contribution in [0.2, 0.25) is 5.02 Å². The number of carbonyl (C=O) groups is 1. The molecule has 2 nitrogen and oxygen atoms in total. The fourth-order valence-corrected chi connectivity index (χ4v) is 4.54. The Morgan fingerprint density at radius 3 is 2.17 bits per heavy atom. The van der Waals surface area contributed by atoms with Crippen LogP contribution in [0.4, 0.5) is 0 Å². The minimum atomic E-state index is -0.989. The monoisotopic (exact) mass is 342 g/mol. The van der Waals surface area contributed by atoms with Gasteiger partial charge in [-0.1, -0.05) is 41.9 Å². The van der Waals surface area contributed by atoms with Gasteiger partial charge in [-0.25, -0.2) is 0 Å². The molecule has 1 unspecified atom stereocenters. The summed E-state index contributed by atoms with van der Waals surface area (Å²) < 4.78 is 6.31. The van der Waals surface area contributed by atoms with Crippen LogP contribution < -0.4 is 10.6 Å². The first-order valence-electron chi connectivity index (χ1n) is 7.11. The first kappa shape index (κ1) is 20.4. The Bertz CT molecular complexity index is 645. The summed E-state index contributed by atoms with van der Waals surface area (Å²) in [4.78, 5) is 11.1. The Hall–Kier alpha value is -0.613. The molecule has 0 aliphatic carbocycles. The van der Waals surface area contributed by atoms with E-state index in [1.165, 1.54) is 0 Å². The van der Waals surface area contributed by atoms with Crippen molar-refractivity contribution in [1.82, 2.24) is 0 Å². The second kappa shape index (κ2) is 8.47. The molecule has 0 aliphatic rings. The summed E-state index contributed by atoms with van der Waals surface area (Å²) in [6.45, 7) is 8.02. The van der Waals surface area contributed by atoms with Crippen molar-refractivity contribution < 1.29 is 9.32 Å². The van der Waals surface area contributed by atoms with Crippen LogP contribution >= 0.6 is 19.7 Å². The normalized spacial score (nSPS) is 12.4. The predicted octanol–water partition coefficient (Wildman–Crippen LogP) is 3.98. The van der Waals surface area contributed by atoms with Gasteiger partial charge >= 0.3 is 18.9 Å². The topological polar surface area (TPSA) is 26.3 Å². The molecule has 0 heterocycles. The van der Waals surface area contributed by atoms with Gasteiger partial charge in [0.1, 0.15) is 0 Å². The van der Waals surface area contributed by atoms with Crippen molar-refractivity contribution in [3.63, 3.8) is 0 Å². The molecule has 0 saturated heterocycles. The molecule has 2 rings (SSSR count). The molecule has 2 aromatic carbocycles. The number of aldehydes is 1. The van der Waals surface area contributed by atoms with Crippen LogP contribution in [0.1, 0.15) is 36.7 Å². The average molecular weight is 343 g/mol. The van der Waals surface area contributed by atoms with Crippen molar-refractivity contribution >= 4 is 55.5 Å². The molecule has 0 aliphatic heterocycles. The van der Waals surface area contributed by atoms with Gasteiger partial charge in [0.25, 0.3) is 0 Å². The van der Waals surface area contributed by atoms with Crippen molar-refractivity contribution in [3.05, 3.63) is 58.6 Å². The first-order chi connectivity index (χ1) is 10.3. The number of aryl methyl sites for hydroxylation is 1. The number of rotatable bonds is 4. The SMILES string of the molecule is Cc1cc(P(OC(C)(C)C)c2ccccc2)cc(Cl)c1C=O.[LiH]. The third-order valence-corrected chi connectivity index (χ3v) is 5.57.